The Morgan fingerprint density at radius 1 is 1.33 bits per heavy atom. The third-order valence-electron chi connectivity index (χ3n) is 3.31. The summed E-state index contributed by atoms with van der Waals surface area (Å²) in [5.41, 5.74) is 1.95. The third kappa shape index (κ3) is 3.03. The summed E-state index contributed by atoms with van der Waals surface area (Å²) in [5.74, 6) is 1.02. The zero-order chi connectivity index (χ0) is 15.6. The molecule has 0 fully saturated rings. The van der Waals surface area contributed by atoms with Gasteiger partial charge in [0.15, 0.2) is 5.78 Å². The van der Waals surface area contributed by atoms with E-state index in [1.807, 2.05) is 6.92 Å². The highest BCUT2D eigenvalue weighted by Gasteiger charge is 2.19. The van der Waals surface area contributed by atoms with E-state index in [9.17, 15) is 4.79 Å². The molecule has 2 aromatic rings. The van der Waals surface area contributed by atoms with E-state index in [1.165, 1.54) is 7.11 Å². The van der Waals surface area contributed by atoms with Gasteiger partial charge < -0.3 is 9.47 Å². The molecule has 1 aromatic heterocycles. The second kappa shape index (κ2) is 6.18. The molecule has 6 heteroatoms. The van der Waals surface area contributed by atoms with E-state index in [-0.39, 0.29) is 12.2 Å². The minimum Gasteiger partial charge on any atom is -0.497 e. The number of nitrogens with zero attached hydrogens (tertiary/aromatic N) is 2. The quantitative estimate of drug-likeness (QED) is 0.797. The van der Waals surface area contributed by atoms with Gasteiger partial charge in [-0.05, 0) is 25.1 Å². The molecule has 0 aliphatic carbocycles. The van der Waals surface area contributed by atoms with Gasteiger partial charge in [-0.15, -0.1) is 0 Å². The number of aryl methyl sites for hydroxylation is 2. The van der Waals surface area contributed by atoms with Crippen LogP contribution >= 0.6 is 11.6 Å². The standard InChI is InChI=1S/C15H17ClN2O3/c1-9-11(15(16)18(2)17-9)8-13(19)12-7-10(20-3)5-6-14(12)21-4/h5-7H,8H2,1-4H3. The van der Waals surface area contributed by atoms with Crippen LogP contribution in [0.1, 0.15) is 21.6 Å². The Balaban J connectivity index is 2.36. The molecule has 1 aromatic carbocycles. The summed E-state index contributed by atoms with van der Waals surface area (Å²) in [4.78, 5) is 12.5. The fraction of sp³-hybridized carbons (Fsp3) is 0.333. The molecule has 0 spiro atoms. The molecule has 5 nitrogen and oxygen atoms in total. The molecule has 0 amide bonds. The van der Waals surface area contributed by atoms with E-state index in [0.29, 0.717) is 22.2 Å². The number of aromatic nitrogens is 2. The molecule has 1 heterocycles. The molecule has 112 valence electrons. The molecular formula is C15H17ClN2O3. The molecule has 0 atom stereocenters. The molecule has 0 aliphatic rings. The van der Waals surface area contributed by atoms with Crippen molar-refractivity contribution in [1.82, 2.24) is 9.78 Å². The van der Waals surface area contributed by atoms with Crippen molar-refractivity contribution in [3.8, 4) is 11.5 Å². The zero-order valence-corrected chi connectivity index (χ0v) is 13.2. The summed E-state index contributed by atoms with van der Waals surface area (Å²) in [5, 5.41) is 4.68. The van der Waals surface area contributed by atoms with Crippen LogP contribution in [0.15, 0.2) is 18.2 Å². The first-order valence-electron chi connectivity index (χ1n) is 6.41. The maximum Gasteiger partial charge on any atom is 0.171 e. The molecule has 0 saturated carbocycles. The average Bonchev–Trinajstić information content (AvgIpc) is 2.72. The Morgan fingerprint density at radius 2 is 2.05 bits per heavy atom. The summed E-state index contributed by atoms with van der Waals surface area (Å²) in [6.45, 7) is 1.83. The van der Waals surface area contributed by atoms with Crippen molar-refractivity contribution in [1.29, 1.82) is 0 Å². The maximum absolute atomic E-state index is 12.5. The molecule has 0 radical (unpaired) electrons. The zero-order valence-electron chi connectivity index (χ0n) is 12.4. The number of carbonyl (C=O) groups is 1. The number of methoxy groups -OCH3 is 2. The normalized spacial score (nSPS) is 10.5. The van der Waals surface area contributed by atoms with E-state index in [1.54, 1.807) is 37.0 Å². The Morgan fingerprint density at radius 3 is 2.57 bits per heavy atom. The van der Waals surface area contributed by atoms with E-state index in [0.717, 1.165) is 11.3 Å². The van der Waals surface area contributed by atoms with Gasteiger partial charge in [0, 0.05) is 19.0 Å². The molecule has 0 N–H and O–H groups in total. The van der Waals surface area contributed by atoms with Crippen LogP contribution in [0.4, 0.5) is 0 Å². The van der Waals surface area contributed by atoms with Crippen LogP contribution < -0.4 is 9.47 Å². The summed E-state index contributed by atoms with van der Waals surface area (Å²) >= 11 is 6.17. The molecule has 0 aliphatic heterocycles. The number of ketones is 1. The Bertz CT molecular complexity index is 680. The van der Waals surface area contributed by atoms with Crippen LogP contribution in [0.2, 0.25) is 5.15 Å². The first-order valence-corrected chi connectivity index (χ1v) is 6.79. The third-order valence-corrected chi connectivity index (χ3v) is 3.79. The lowest BCUT2D eigenvalue weighted by molar-refractivity contribution is 0.0989. The van der Waals surface area contributed by atoms with Crippen LogP contribution in [0.3, 0.4) is 0 Å². The number of carbonyl (C=O) groups excluding carboxylic acids is 1. The van der Waals surface area contributed by atoms with Gasteiger partial charge in [0.1, 0.15) is 16.7 Å². The lowest BCUT2D eigenvalue weighted by atomic mass is 10.0. The average molecular weight is 309 g/mol. The van der Waals surface area contributed by atoms with Gasteiger partial charge in [0.25, 0.3) is 0 Å². The highest BCUT2D eigenvalue weighted by molar-refractivity contribution is 6.30. The maximum atomic E-state index is 12.5. The van der Waals surface area contributed by atoms with E-state index < -0.39 is 0 Å². The summed E-state index contributed by atoms with van der Waals surface area (Å²) in [6.07, 6.45) is 0.169. The van der Waals surface area contributed by atoms with Gasteiger partial charge in [-0.3, -0.25) is 9.48 Å². The van der Waals surface area contributed by atoms with Gasteiger partial charge in [0.2, 0.25) is 0 Å². The fourth-order valence-corrected chi connectivity index (χ4v) is 2.40. The Hall–Kier alpha value is -2.01. The smallest absolute Gasteiger partial charge is 0.171 e. The van der Waals surface area contributed by atoms with Gasteiger partial charge in [0.05, 0.1) is 25.5 Å². The minimum atomic E-state index is -0.0937. The highest BCUT2D eigenvalue weighted by atomic mass is 35.5. The van der Waals surface area contributed by atoms with Gasteiger partial charge in [-0.2, -0.15) is 5.10 Å². The van der Waals surface area contributed by atoms with Gasteiger partial charge in [-0.1, -0.05) is 11.6 Å². The van der Waals surface area contributed by atoms with Crippen molar-refractivity contribution in [3.63, 3.8) is 0 Å². The molecule has 0 bridgehead atoms. The predicted octanol–water partition coefficient (Wildman–Crippen LogP) is 2.82. The summed E-state index contributed by atoms with van der Waals surface area (Å²) in [7, 11) is 4.83. The van der Waals surface area contributed by atoms with Crippen LogP contribution in [0.5, 0.6) is 11.5 Å². The number of hydrogen-bond donors (Lipinski definition) is 0. The van der Waals surface area contributed by atoms with Gasteiger partial charge in [-0.25, -0.2) is 0 Å². The number of benzene rings is 1. The van der Waals surface area contributed by atoms with Crippen molar-refractivity contribution in [2.75, 3.05) is 14.2 Å². The number of Topliss-reactive ketones (excluding diaryl/α,β-unsaturated/α-hetero) is 1. The minimum absolute atomic E-state index is 0.0937. The SMILES string of the molecule is COc1ccc(OC)c(C(=O)Cc2c(C)nn(C)c2Cl)c1. The number of hydrogen-bond acceptors (Lipinski definition) is 4. The largest absolute Gasteiger partial charge is 0.497 e. The monoisotopic (exact) mass is 308 g/mol. The predicted molar refractivity (Wildman–Crippen MR) is 80.5 cm³/mol. The molecular weight excluding hydrogens is 292 g/mol. The highest BCUT2D eigenvalue weighted by Crippen LogP contribution is 2.27. The lowest BCUT2D eigenvalue weighted by Gasteiger charge is -2.09. The summed E-state index contributed by atoms with van der Waals surface area (Å²) in [6, 6.07) is 5.13. The Kier molecular flexibility index (Phi) is 4.53. The van der Waals surface area contributed by atoms with Crippen molar-refractivity contribution >= 4 is 17.4 Å². The van der Waals surface area contributed by atoms with Crippen LogP contribution in [0.25, 0.3) is 0 Å². The molecule has 0 unspecified atom stereocenters. The van der Waals surface area contributed by atoms with Crippen molar-refractivity contribution in [3.05, 3.63) is 40.2 Å². The molecule has 21 heavy (non-hydrogen) atoms. The molecule has 2 rings (SSSR count). The first-order chi connectivity index (χ1) is 9.97. The summed E-state index contributed by atoms with van der Waals surface area (Å²) < 4.78 is 12.0. The number of halogens is 1. The number of ether oxygens (including phenoxy) is 2. The molecule has 0 saturated heterocycles. The van der Waals surface area contributed by atoms with Crippen molar-refractivity contribution in [2.24, 2.45) is 7.05 Å². The van der Waals surface area contributed by atoms with E-state index in [2.05, 4.69) is 5.10 Å². The van der Waals surface area contributed by atoms with E-state index in [4.69, 9.17) is 21.1 Å². The second-order valence-corrected chi connectivity index (χ2v) is 5.00. The second-order valence-electron chi connectivity index (χ2n) is 4.64. The fourth-order valence-electron chi connectivity index (χ4n) is 2.16. The van der Waals surface area contributed by atoms with E-state index >= 15 is 0 Å². The van der Waals surface area contributed by atoms with Gasteiger partial charge >= 0.3 is 0 Å². The van der Waals surface area contributed by atoms with Crippen LogP contribution in [-0.4, -0.2) is 29.8 Å². The topological polar surface area (TPSA) is 53.4 Å². The van der Waals surface area contributed by atoms with Crippen LogP contribution in [-0.2, 0) is 13.5 Å². The lowest BCUT2D eigenvalue weighted by Crippen LogP contribution is -2.07. The van der Waals surface area contributed by atoms with Crippen LogP contribution in [0, 0.1) is 6.92 Å². The van der Waals surface area contributed by atoms with Crippen molar-refractivity contribution < 1.29 is 14.3 Å². The van der Waals surface area contributed by atoms with Crippen molar-refractivity contribution in [2.45, 2.75) is 13.3 Å². The number of rotatable bonds is 5. The Labute approximate surface area is 128 Å². The first kappa shape index (κ1) is 15.4.